The molecule has 17 heavy (non-hydrogen) atoms. The van der Waals surface area contributed by atoms with Gasteiger partial charge in [-0.1, -0.05) is 6.07 Å². The summed E-state index contributed by atoms with van der Waals surface area (Å²) in [6.45, 7) is 3.93. The van der Waals surface area contributed by atoms with Gasteiger partial charge in [-0.25, -0.2) is 4.79 Å². The average Bonchev–Trinajstić information content (AvgIpc) is 2.26. The van der Waals surface area contributed by atoms with E-state index >= 15 is 0 Å². The molecule has 94 valence electrons. The summed E-state index contributed by atoms with van der Waals surface area (Å²) in [5.41, 5.74) is 3.11. The third kappa shape index (κ3) is 3.46. The molecule has 0 heterocycles. The average molecular weight is 238 g/mol. The molecule has 2 N–H and O–H groups in total. The predicted octanol–water partition coefficient (Wildman–Crippen LogP) is 1.69. The van der Waals surface area contributed by atoms with Gasteiger partial charge in [0.1, 0.15) is 5.75 Å². The molecule has 0 fully saturated rings. The number of rotatable bonds is 5. The normalized spacial score (nSPS) is 12.2. The van der Waals surface area contributed by atoms with Crippen molar-refractivity contribution in [3.05, 3.63) is 28.8 Å². The minimum Gasteiger partial charge on any atom is -0.496 e. The van der Waals surface area contributed by atoms with Gasteiger partial charge in [0.2, 0.25) is 0 Å². The van der Waals surface area contributed by atoms with E-state index in [9.17, 15) is 9.90 Å². The molecule has 0 aliphatic rings. The lowest BCUT2D eigenvalue weighted by Gasteiger charge is -2.13. The highest BCUT2D eigenvalue weighted by molar-refractivity contribution is 5.71. The highest BCUT2D eigenvalue weighted by Gasteiger charge is 2.15. The Hall–Kier alpha value is -1.55. The molecule has 0 aliphatic carbocycles. The molecule has 0 saturated carbocycles. The van der Waals surface area contributed by atoms with Gasteiger partial charge >= 0.3 is 5.97 Å². The monoisotopic (exact) mass is 238 g/mol. The van der Waals surface area contributed by atoms with Crippen molar-refractivity contribution < 1.29 is 19.7 Å². The maximum absolute atomic E-state index is 10.5. The molecule has 4 nitrogen and oxygen atoms in total. The highest BCUT2D eigenvalue weighted by atomic mass is 16.5. The number of carboxylic acid groups (broad SMARTS) is 1. The SMILES string of the molecule is COc1cc(C)cc(C)c1CCC(O)C(=O)O. The number of hydrogen-bond acceptors (Lipinski definition) is 3. The van der Waals surface area contributed by atoms with E-state index in [0.717, 1.165) is 22.4 Å². The third-order valence-corrected chi connectivity index (χ3v) is 2.75. The lowest BCUT2D eigenvalue weighted by Crippen LogP contribution is -2.20. The van der Waals surface area contributed by atoms with E-state index in [1.807, 2.05) is 26.0 Å². The van der Waals surface area contributed by atoms with Crippen LogP contribution >= 0.6 is 0 Å². The van der Waals surface area contributed by atoms with Crippen molar-refractivity contribution in [1.82, 2.24) is 0 Å². The molecule has 1 unspecified atom stereocenters. The summed E-state index contributed by atoms with van der Waals surface area (Å²) in [5, 5.41) is 17.9. The Labute approximate surface area is 101 Å². The van der Waals surface area contributed by atoms with E-state index in [-0.39, 0.29) is 6.42 Å². The van der Waals surface area contributed by atoms with Crippen LogP contribution in [0.1, 0.15) is 23.1 Å². The first-order valence-corrected chi connectivity index (χ1v) is 5.50. The number of aliphatic carboxylic acids is 1. The van der Waals surface area contributed by atoms with Gasteiger partial charge in [0.15, 0.2) is 6.10 Å². The highest BCUT2D eigenvalue weighted by Crippen LogP contribution is 2.25. The second kappa shape index (κ2) is 5.68. The van der Waals surface area contributed by atoms with E-state index in [1.165, 1.54) is 0 Å². The predicted molar refractivity (Wildman–Crippen MR) is 64.4 cm³/mol. The number of methoxy groups -OCH3 is 1. The lowest BCUT2D eigenvalue weighted by molar-refractivity contribution is -0.146. The van der Waals surface area contributed by atoms with E-state index in [4.69, 9.17) is 9.84 Å². The van der Waals surface area contributed by atoms with Crippen LogP contribution in [0.3, 0.4) is 0 Å². The van der Waals surface area contributed by atoms with Crippen LogP contribution in [-0.2, 0) is 11.2 Å². The summed E-state index contributed by atoms with van der Waals surface area (Å²) in [7, 11) is 1.59. The molecule has 0 aromatic heterocycles. The first-order chi connectivity index (χ1) is 7.95. The molecule has 0 amide bonds. The number of hydrogen-bond donors (Lipinski definition) is 2. The summed E-state index contributed by atoms with van der Waals surface area (Å²) in [4.78, 5) is 10.5. The summed E-state index contributed by atoms with van der Waals surface area (Å²) in [5.74, 6) is -0.436. The first kappa shape index (κ1) is 13.5. The molecule has 0 spiro atoms. The van der Waals surface area contributed by atoms with Crippen molar-refractivity contribution >= 4 is 5.97 Å². The molecule has 1 aromatic rings. The smallest absolute Gasteiger partial charge is 0.332 e. The zero-order valence-electron chi connectivity index (χ0n) is 10.4. The Morgan fingerprint density at radius 3 is 2.59 bits per heavy atom. The molecule has 0 radical (unpaired) electrons. The van der Waals surface area contributed by atoms with Crippen molar-refractivity contribution in [2.45, 2.75) is 32.8 Å². The van der Waals surface area contributed by atoms with E-state index in [2.05, 4.69) is 0 Å². The standard InChI is InChI=1S/C13H18O4/c1-8-6-9(2)10(12(7-8)17-3)4-5-11(14)13(15)16/h6-7,11,14H,4-5H2,1-3H3,(H,15,16). The second-order valence-electron chi connectivity index (χ2n) is 4.16. The van der Waals surface area contributed by atoms with Crippen LogP contribution in [0.25, 0.3) is 0 Å². The van der Waals surface area contributed by atoms with Crippen molar-refractivity contribution in [2.24, 2.45) is 0 Å². The summed E-state index contributed by atoms with van der Waals surface area (Å²) >= 11 is 0. The Bertz CT molecular complexity index is 412. The van der Waals surface area contributed by atoms with Crippen molar-refractivity contribution in [2.75, 3.05) is 7.11 Å². The van der Waals surface area contributed by atoms with Gasteiger partial charge in [0.25, 0.3) is 0 Å². The molecule has 0 bridgehead atoms. The number of carbonyl (C=O) groups is 1. The largest absolute Gasteiger partial charge is 0.496 e. The summed E-state index contributed by atoms with van der Waals surface area (Å²) < 4.78 is 5.27. The molecular formula is C13H18O4. The van der Waals surface area contributed by atoms with Crippen LogP contribution in [0, 0.1) is 13.8 Å². The molecule has 1 aromatic carbocycles. The quantitative estimate of drug-likeness (QED) is 0.819. The van der Waals surface area contributed by atoms with Crippen LogP contribution in [-0.4, -0.2) is 29.4 Å². The Morgan fingerprint density at radius 1 is 1.41 bits per heavy atom. The Balaban J connectivity index is 2.86. The number of aliphatic hydroxyl groups is 1. The maximum atomic E-state index is 10.5. The van der Waals surface area contributed by atoms with Crippen molar-refractivity contribution in [1.29, 1.82) is 0 Å². The van der Waals surface area contributed by atoms with Crippen LogP contribution < -0.4 is 4.74 Å². The Morgan fingerprint density at radius 2 is 2.06 bits per heavy atom. The van der Waals surface area contributed by atoms with Gasteiger partial charge < -0.3 is 14.9 Å². The topological polar surface area (TPSA) is 66.8 Å². The van der Waals surface area contributed by atoms with Crippen LogP contribution in [0.2, 0.25) is 0 Å². The van der Waals surface area contributed by atoms with Crippen molar-refractivity contribution in [3.8, 4) is 5.75 Å². The summed E-state index contributed by atoms with van der Waals surface area (Å²) in [6, 6.07) is 3.93. The number of benzene rings is 1. The number of carboxylic acids is 1. The van der Waals surface area contributed by atoms with Crippen LogP contribution in [0.4, 0.5) is 0 Å². The number of ether oxygens (including phenoxy) is 1. The first-order valence-electron chi connectivity index (χ1n) is 5.50. The minimum absolute atomic E-state index is 0.190. The Kier molecular flexibility index (Phi) is 4.52. The van der Waals surface area contributed by atoms with Gasteiger partial charge in [-0.15, -0.1) is 0 Å². The number of aryl methyl sites for hydroxylation is 2. The van der Waals surface area contributed by atoms with Crippen LogP contribution in [0.5, 0.6) is 5.75 Å². The lowest BCUT2D eigenvalue weighted by atomic mass is 9.98. The van der Waals surface area contributed by atoms with Gasteiger partial charge in [0, 0.05) is 0 Å². The van der Waals surface area contributed by atoms with Gasteiger partial charge in [-0.05, 0) is 49.4 Å². The van der Waals surface area contributed by atoms with E-state index in [0.29, 0.717) is 6.42 Å². The molecule has 0 aliphatic heterocycles. The maximum Gasteiger partial charge on any atom is 0.332 e. The zero-order valence-corrected chi connectivity index (χ0v) is 10.4. The zero-order chi connectivity index (χ0) is 13.0. The fourth-order valence-electron chi connectivity index (χ4n) is 1.87. The minimum atomic E-state index is -1.32. The summed E-state index contributed by atoms with van der Waals surface area (Å²) in [6.07, 6.45) is -0.640. The fourth-order valence-corrected chi connectivity index (χ4v) is 1.87. The fraction of sp³-hybridized carbons (Fsp3) is 0.462. The van der Waals surface area contributed by atoms with Gasteiger partial charge in [0.05, 0.1) is 7.11 Å². The molecular weight excluding hydrogens is 220 g/mol. The third-order valence-electron chi connectivity index (χ3n) is 2.75. The van der Waals surface area contributed by atoms with E-state index < -0.39 is 12.1 Å². The molecule has 1 rings (SSSR count). The van der Waals surface area contributed by atoms with Crippen molar-refractivity contribution in [3.63, 3.8) is 0 Å². The second-order valence-corrected chi connectivity index (χ2v) is 4.16. The van der Waals surface area contributed by atoms with E-state index in [1.54, 1.807) is 7.11 Å². The molecule has 0 saturated heterocycles. The van der Waals surface area contributed by atoms with Gasteiger partial charge in [-0.3, -0.25) is 0 Å². The molecule has 4 heteroatoms. The molecule has 1 atom stereocenters. The van der Waals surface area contributed by atoms with Crippen LogP contribution in [0.15, 0.2) is 12.1 Å². The van der Waals surface area contributed by atoms with Gasteiger partial charge in [-0.2, -0.15) is 0 Å². The number of aliphatic hydroxyl groups excluding tert-OH is 1.